The minimum atomic E-state index is -0.634. The Labute approximate surface area is 470 Å². The number of hydrogen-bond acceptors (Lipinski definition) is 5. The lowest BCUT2D eigenvalue weighted by Gasteiger charge is -2.33. The summed E-state index contributed by atoms with van der Waals surface area (Å²) in [7, 11) is 0. The Morgan fingerprint density at radius 2 is 0.935 bits per heavy atom. The molecule has 9 aromatic carbocycles. The molecule has 0 spiro atoms. The van der Waals surface area contributed by atoms with Crippen molar-refractivity contribution in [2.24, 2.45) is 0 Å². The highest BCUT2D eigenvalue weighted by atomic mass is 15.4. The summed E-state index contributed by atoms with van der Waals surface area (Å²) in [5.41, 5.74) is 13.6. The van der Waals surface area contributed by atoms with Crippen LogP contribution in [-0.2, 0) is 16.2 Å². The summed E-state index contributed by atoms with van der Waals surface area (Å²) < 4.78 is 90.9. The van der Waals surface area contributed by atoms with Crippen molar-refractivity contribution in [2.45, 2.75) is 78.6 Å². The number of para-hydroxylation sites is 3. The molecule has 1 aromatic heterocycles. The number of benzene rings is 9. The van der Waals surface area contributed by atoms with Gasteiger partial charge >= 0.3 is 0 Å². The minimum Gasteiger partial charge on any atom is -0.321 e. The molecule has 0 saturated heterocycles. The van der Waals surface area contributed by atoms with E-state index in [9.17, 15) is 5.48 Å². The van der Waals surface area contributed by atoms with Crippen molar-refractivity contribution in [2.75, 3.05) is 26.3 Å². The zero-order chi connectivity index (χ0) is 61.9. The van der Waals surface area contributed by atoms with Crippen molar-refractivity contribution < 1.29 is 13.7 Å². The van der Waals surface area contributed by atoms with Crippen LogP contribution in [0.4, 0.5) is 57.0 Å². The summed E-state index contributed by atoms with van der Waals surface area (Å²) in [6.07, 6.45) is 1.84. The van der Waals surface area contributed by atoms with Crippen molar-refractivity contribution >= 4 is 57.0 Å². The molecule has 10 aromatic rings. The van der Waals surface area contributed by atoms with Crippen molar-refractivity contribution in [3.63, 3.8) is 0 Å². The fourth-order valence-electron chi connectivity index (χ4n) is 10.8. The molecule has 77 heavy (non-hydrogen) atoms. The molecule has 0 radical (unpaired) electrons. The lowest BCUT2D eigenvalue weighted by Crippen LogP contribution is -2.26. The van der Waals surface area contributed by atoms with Crippen LogP contribution in [0.3, 0.4) is 0 Å². The number of anilines is 10. The molecule has 0 N–H and O–H groups in total. The molecule has 5 nitrogen and oxygen atoms in total. The van der Waals surface area contributed by atoms with Crippen LogP contribution >= 0.6 is 0 Å². The molecule has 0 aliphatic carbocycles. The smallest absolute Gasteiger partial charge is 0.137 e. The van der Waals surface area contributed by atoms with E-state index in [2.05, 4.69) is 153 Å². The summed E-state index contributed by atoms with van der Waals surface area (Å²) in [4.78, 5) is 13.8. The molecule has 0 amide bonds. The Hall–Kier alpha value is -8.67. The molecule has 0 saturated carbocycles. The van der Waals surface area contributed by atoms with Crippen LogP contribution in [-0.4, -0.2) is 11.7 Å². The van der Waals surface area contributed by atoms with Gasteiger partial charge in [-0.2, -0.15) is 0 Å². The van der Waals surface area contributed by atoms with E-state index < -0.39 is 65.8 Å². The summed E-state index contributed by atoms with van der Waals surface area (Å²) in [6, 6.07) is 51.6. The van der Waals surface area contributed by atoms with Crippen LogP contribution in [0.5, 0.6) is 0 Å². The molecule has 0 unspecified atom stereocenters. The van der Waals surface area contributed by atoms with E-state index in [4.69, 9.17) is 13.2 Å². The maximum Gasteiger partial charge on any atom is 0.137 e. The molecule has 2 aliphatic heterocycles. The van der Waals surface area contributed by atoms with Crippen LogP contribution in [0, 0.1) is 0 Å². The van der Waals surface area contributed by atoms with Crippen LogP contribution in [0.25, 0.3) is 44.5 Å². The monoisotopic (exact) mass is 1010 g/mol. The molecule has 3 heterocycles. The maximum atomic E-state index is 9.47. The third-order valence-corrected chi connectivity index (χ3v) is 14.9. The summed E-state index contributed by atoms with van der Waals surface area (Å²) in [5.74, 6) is 0.772. The van der Waals surface area contributed by atoms with Gasteiger partial charge in [-0.1, -0.05) is 202 Å². The highest BCUT2D eigenvalue weighted by Gasteiger charge is 2.35. The average Bonchev–Trinajstić information content (AvgIpc) is 1.83. The zero-order valence-electron chi connectivity index (χ0n) is 55.1. The maximum absolute atomic E-state index is 9.47. The van der Waals surface area contributed by atoms with Crippen LogP contribution in [0.1, 0.15) is 92.7 Å². The Kier molecular flexibility index (Phi) is 9.66. The van der Waals surface area contributed by atoms with Gasteiger partial charge in [0.15, 0.2) is 0 Å². The minimum absolute atomic E-state index is 0.0776. The first-order valence-electron chi connectivity index (χ1n) is 31.3. The van der Waals surface area contributed by atoms with Gasteiger partial charge in [-0.3, -0.25) is 4.90 Å². The Balaban J connectivity index is 1.11. The van der Waals surface area contributed by atoms with Gasteiger partial charge in [0.25, 0.3) is 0 Å². The quantitative estimate of drug-likeness (QED) is 0.151. The van der Waals surface area contributed by atoms with Crippen molar-refractivity contribution in [3.8, 4) is 44.5 Å². The van der Waals surface area contributed by atoms with Crippen molar-refractivity contribution in [3.05, 3.63) is 247 Å². The normalized spacial score (nSPS) is 14.9. The SMILES string of the molecule is [2H]c1c([2H])c([2H])c(-c2cc(C(C)(C)C)cc(-c3c([2H])c([2H])c([2H])c([2H])c3[2H])c2N2CN(c3cc(N(c4ccccc4)c4ccc5c(c4)N(c4ccccn4)c4cc(C(C)(C)C)ccc4-c4ccccc4-5)cc(C(C)(C)C)c3)c3ccccc32)c([2H])c1[2H]. The van der Waals surface area contributed by atoms with Crippen LogP contribution in [0.2, 0.25) is 0 Å². The molecule has 0 atom stereocenters. The molecular weight excluding hydrogens is 935 g/mol. The second kappa shape index (κ2) is 19.2. The molecule has 12 rings (SSSR count). The number of hydrogen-bond donors (Lipinski definition) is 0. The Morgan fingerprint density at radius 3 is 1.52 bits per heavy atom. The van der Waals surface area contributed by atoms with E-state index in [0.29, 0.717) is 16.9 Å². The summed E-state index contributed by atoms with van der Waals surface area (Å²) in [5, 5.41) is 0. The summed E-state index contributed by atoms with van der Waals surface area (Å²) in [6.45, 7) is 19.3. The molecule has 0 bridgehead atoms. The second-order valence-electron chi connectivity index (χ2n) is 23.1. The Bertz CT molecular complexity index is 4270. The van der Waals surface area contributed by atoms with Gasteiger partial charge < -0.3 is 14.7 Å². The van der Waals surface area contributed by atoms with Gasteiger partial charge in [-0.25, -0.2) is 4.98 Å². The van der Waals surface area contributed by atoms with E-state index in [0.717, 1.165) is 73.4 Å². The Morgan fingerprint density at radius 1 is 0.403 bits per heavy atom. The van der Waals surface area contributed by atoms with Crippen LogP contribution < -0.4 is 19.6 Å². The fraction of sp³-hybridized carbons (Fsp3) is 0.181. The van der Waals surface area contributed by atoms with Gasteiger partial charge in [0, 0.05) is 51.2 Å². The van der Waals surface area contributed by atoms with E-state index in [1.54, 1.807) is 0 Å². The van der Waals surface area contributed by atoms with E-state index in [1.165, 1.54) is 5.56 Å². The molecule has 5 heteroatoms. The predicted octanol–water partition coefficient (Wildman–Crippen LogP) is 20.1. The van der Waals surface area contributed by atoms with Gasteiger partial charge in [0.05, 0.1) is 42.1 Å². The first kappa shape index (κ1) is 38.8. The summed E-state index contributed by atoms with van der Waals surface area (Å²) >= 11 is 0. The third kappa shape index (κ3) is 9.14. The number of rotatable bonds is 8. The second-order valence-corrected chi connectivity index (χ2v) is 23.1. The predicted molar refractivity (Wildman–Crippen MR) is 327 cm³/mol. The molecule has 380 valence electrons. The van der Waals surface area contributed by atoms with Gasteiger partial charge in [0.1, 0.15) is 12.5 Å². The van der Waals surface area contributed by atoms with Crippen molar-refractivity contribution in [1.29, 1.82) is 0 Å². The van der Waals surface area contributed by atoms with E-state index >= 15 is 0 Å². The van der Waals surface area contributed by atoms with Crippen molar-refractivity contribution in [1.82, 2.24) is 4.98 Å². The number of nitrogens with zero attached hydrogens (tertiary/aromatic N) is 5. The van der Waals surface area contributed by atoms with Gasteiger partial charge in [-0.15, -0.1) is 0 Å². The molecule has 2 aliphatic rings. The number of fused-ring (bicyclic) bond motifs is 6. The highest BCUT2D eigenvalue weighted by molar-refractivity contribution is 6.04. The largest absolute Gasteiger partial charge is 0.321 e. The molecular formula is C72H67N5. The van der Waals surface area contributed by atoms with Gasteiger partial charge in [-0.05, 0) is 140 Å². The molecule has 0 fully saturated rings. The first-order valence-corrected chi connectivity index (χ1v) is 26.3. The lowest BCUT2D eigenvalue weighted by atomic mass is 9.82. The van der Waals surface area contributed by atoms with Crippen LogP contribution in [0.15, 0.2) is 230 Å². The lowest BCUT2D eigenvalue weighted by molar-refractivity contribution is 0.590. The third-order valence-electron chi connectivity index (χ3n) is 14.9. The zero-order valence-corrected chi connectivity index (χ0v) is 45.1. The number of pyridine rings is 1. The van der Waals surface area contributed by atoms with E-state index in [-0.39, 0.29) is 39.8 Å². The van der Waals surface area contributed by atoms with Gasteiger partial charge in [0.2, 0.25) is 0 Å². The fourth-order valence-corrected chi connectivity index (χ4v) is 10.8. The van der Waals surface area contributed by atoms with E-state index in [1.807, 2.05) is 98.6 Å². The topological polar surface area (TPSA) is 25.9 Å². The standard InChI is InChI=1S/C72H67N5/c1-70(2,3)51-36-38-60-58-31-19-20-32-59(58)61-39-37-55(47-67(61)77(66(60)45-51)68-35-23-24-40-73-68)76(54-29-17-12-18-30-54)57-42-52(71(4,5)6)41-56(46-57)74-48-75(65-34-22-21-33-64(65)74)69-62(49-25-13-10-14-26-49)43-53(72(7,8)9)44-63(69)50-27-15-11-16-28-50/h10-47H,48H2,1-9H3/i10D,11D,13D,14D,15D,16D,25D,26D,27D,28D. The number of aromatic nitrogens is 1. The highest BCUT2D eigenvalue weighted by Crippen LogP contribution is 2.55. The first-order chi connectivity index (χ1) is 41.2. The average molecular weight is 1010 g/mol.